The van der Waals surface area contributed by atoms with E-state index in [1.807, 2.05) is 0 Å². The number of ether oxygens (including phenoxy) is 7. The van der Waals surface area contributed by atoms with Crippen molar-refractivity contribution in [2.75, 3.05) is 39.6 Å². The van der Waals surface area contributed by atoms with E-state index in [2.05, 4.69) is 65.8 Å². The molecular formula is C58H114O7. The molecular weight excluding hydrogens is 809 g/mol. The Morgan fingerprint density at radius 3 is 0.846 bits per heavy atom. The van der Waals surface area contributed by atoms with Gasteiger partial charge in [-0.1, -0.05) is 208 Å². The zero-order valence-corrected chi connectivity index (χ0v) is 44.6. The lowest BCUT2D eigenvalue weighted by Gasteiger charge is -2.22. The zero-order chi connectivity index (χ0) is 47.2. The summed E-state index contributed by atoms with van der Waals surface area (Å²) in [4.78, 5) is 0. The minimum absolute atomic E-state index is 0.0159. The number of unbranched alkanes of at least 4 members (excludes halogenated alkanes) is 28. The minimum Gasteiger partial charge on any atom is -0.353 e. The van der Waals surface area contributed by atoms with Crippen molar-refractivity contribution < 1.29 is 33.2 Å². The van der Waals surface area contributed by atoms with Gasteiger partial charge in [0.05, 0.1) is 13.2 Å². The van der Waals surface area contributed by atoms with E-state index in [1.165, 1.54) is 180 Å². The van der Waals surface area contributed by atoms with E-state index >= 15 is 0 Å². The molecule has 388 valence electrons. The Morgan fingerprint density at radius 2 is 0.523 bits per heavy atom. The number of hydrogen-bond donors (Lipinski definition) is 0. The Labute approximate surface area is 406 Å². The van der Waals surface area contributed by atoms with Gasteiger partial charge in [-0.2, -0.15) is 0 Å². The molecule has 0 saturated heterocycles. The van der Waals surface area contributed by atoms with Crippen molar-refractivity contribution in [1.82, 2.24) is 0 Å². The van der Waals surface area contributed by atoms with Gasteiger partial charge in [-0.15, -0.1) is 0 Å². The molecule has 0 spiro atoms. The van der Waals surface area contributed by atoms with Gasteiger partial charge in [0, 0.05) is 26.4 Å². The Bertz CT molecular complexity index is 836. The molecule has 2 atom stereocenters. The van der Waals surface area contributed by atoms with Gasteiger partial charge in [0.2, 0.25) is 0 Å². The average Bonchev–Trinajstić information content (AvgIpc) is 3.31. The molecule has 0 aromatic heterocycles. The van der Waals surface area contributed by atoms with Crippen LogP contribution in [0.5, 0.6) is 0 Å². The lowest BCUT2D eigenvalue weighted by Crippen LogP contribution is -2.25. The lowest BCUT2D eigenvalue weighted by atomic mass is 10.1. The van der Waals surface area contributed by atoms with Crippen molar-refractivity contribution in [1.29, 1.82) is 0 Å². The Kier molecular flexibility index (Phi) is 55.1. The van der Waals surface area contributed by atoms with Gasteiger partial charge in [0.1, 0.15) is 0 Å². The standard InChI is InChI=1S/C58H114O7/c1-7-13-19-21-37-43-53-63-57(47-41-35-31-27-23-25-29-33-39-45-55(59-49-15-9-3)60-50-16-10-4)65-58(64-54-44-38-22-20-14-8-2)48-42-36-32-28-24-26-30-34-40-46-56(61-51-17-11-5)62-52-18-12-6/h41-42,47-48,55-58H,7-40,43-46,49-54H2,1-6H3. The van der Waals surface area contributed by atoms with Gasteiger partial charge in [-0.25, -0.2) is 0 Å². The van der Waals surface area contributed by atoms with Crippen LogP contribution >= 0.6 is 0 Å². The third kappa shape index (κ3) is 49.4. The Morgan fingerprint density at radius 1 is 0.262 bits per heavy atom. The fourth-order valence-corrected chi connectivity index (χ4v) is 7.77. The number of rotatable bonds is 56. The molecule has 0 saturated carbocycles. The lowest BCUT2D eigenvalue weighted by molar-refractivity contribution is -0.208. The van der Waals surface area contributed by atoms with Gasteiger partial charge in [-0.3, -0.25) is 0 Å². The summed E-state index contributed by atoms with van der Waals surface area (Å²) in [6, 6.07) is 0. The quantitative estimate of drug-likeness (QED) is 0.0342. The van der Waals surface area contributed by atoms with Crippen LogP contribution in [0.1, 0.15) is 286 Å². The summed E-state index contributed by atoms with van der Waals surface area (Å²) < 4.78 is 43.6. The first-order valence-corrected chi connectivity index (χ1v) is 28.8. The summed E-state index contributed by atoms with van der Waals surface area (Å²) in [5.74, 6) is 0. The van der Waals surface area contributed by atoms with Gasteiger partial charge < -0.3 is 33.2 Å². The van der Waals surface area contributed by atoms with Crippen LogP contribution in [0.3, 0.4) is 0 Å². The summed E-state index contributed by atoms with van der Waals surface area (Å²) in [5.41, 5.74) is 0. The van der Waals surface area contributed by atoms with E-state index < -0.39 is 0 Å². The van der Waals surface area contributed by atoms with Gasteiger partial charge >= 0.3 is 0 Å². The van der Waals surface area contributed by atoms with Gasteiger partial charge in [0.25, 0.3) is 0 Å². The third-order valence-corrected chi connectivity index (χ3v) is 12.2. The van der Waals surface area contributed by atoms with Gasteiger partial charge in [0.15, 0.2) is 25.2 Å². The molecule has 65 heavy (non-hydrogen) atoms. The smallest absolute Gasteiger partial charge is 0.180 e. The molecule has 0 aliphatic carbocycles. The summed E-state index contributed by atoms with van der Waals surface area (Å²) in [6.07, 6.45) is 54.1. The molecule has 0 heterocycles. The molecule has 0 aromatic rings. The maximum absolute atomic E-state index is 6.60. The minimum atomic E-state index is -0.383. The van der Waals surface area contributed by atoms with Crippen LogP contribution in [0, 0.1) is 0 Å². The molecule has 0 aliphatic rings. The maximum Gasteiger partial charge on any atom is 0.180 e. The van der Waals surface area contributed by atoms with Crippen LogP contribution in [-0.2, 0) is 33.2 Å². The van der Waals surface area contributed by atoms with E-state index in [0.717, 1.165) is 104 Å². The van der Waals surface area contributed by atoms with E-state index in [1.54, 1.807) is 0 Å². The molecule has 0 aliphatic heterocycles. The molecule has 0 radical (unpaired) electrons. The highest BCUT2D eigenvalue weighted by molar-refractivity contribution is 4.90. The second kappa shape index (κ2) is 55.8. The number of allylic oxidation sites excluding steroid dienone is 2. The zero-order valence-electron chi connectivity index (χ0n) is 44.6. The molecule has 7 heteroatoms. The highest BCUT2D eigenvalue weighted by Gasteiger charge is 2.14. The highest BCUT2D eigenvalue weighted by Crippen LogP contribution is 2.18. The summed E-state index contributed by atoms with van der Waals surface area (Å²) in [6.45, 7) is 18.1. The van der Waals surface area contributed by atoms with Crippen LogP contribution < -0.4 is 0 Å². The van der Waals surface area contributed by atoms with Crippen molar-refractivity contribution in [3.63, 3.8) is 0 Å². The van der Waals surface area contributed by atoms with E-state index in [-0.39, 0.29) is 25.2 Å². The van der Waals surface area contributed by atoms with E-state index in [9.17, 15) is 0 Å². The first kappa shape index (κ1) is 64.2. The van der Waals surface area contributed by atoms with Crippen LogP contribution in [-0.4, -0.2) is 64.8 Å². The predicted octanol–water partition coefficient (Wildman–Crippen LogP) is 18.5. The SMILES string of the molecule is CCCCCCCCOC(C=CCCCCCCCCCC(OCCCC)OCCCC)OC(C=CCCCCCCCCCC(OCCCC)OCCCC)OCCCCCCCC. The highest BCUT2D eigenvalue weighted by atomic mass is 16.8. The number of hydrogen-bond acceptors (Lipinski definition) is 7. The molecule has 0 amide bonds. The van der Waals surface area contributed by atoms with Crippen LogP contribution in [0.25, 0.3) is 0 Å². The second-order valence-electron chi connectivity index (χ2n) is 18.9. The van der Waals surface area contributed by atoms with Crippen molar-refractivity contribution >= 4 is 0 Å². The van der Waals surface area contributed by atoms with Crippen molar-refractivity contribution in [2.24, 2.45) is 0 Å². The summed E-state index contributed by atoms with van der Waals surface area (Å²) >= 11 is 0. The Balaban J connectivity index is 4.92. The first-order chi connectivity index (χ1) is 32.1. The molecule has 0 fully saturated rings. The third-order valence-electron chi connectivity index (χ3n) is 12.2. The maximum atomic E-state index is 6.60. The van der Waals surface area contributed by atoms with Crippen LogP contribution in [0.2, 0.25) is 0 Å². The van der Waals surface area contributed by atoms with Crippen LogP contribution in [0.4, 0.5) is 0 Å². The Hall–Kier alpha value is -0.800. The average molecular weight is 924 g/mol. The molecule has 0 bridgehead atoms. The molecule has 7 nitrogen and oxygen atoms in total. The topological polar surface area (TPSA) is 64.6 Å². The van der Waals surface area contributed by atoms with Crippen molar-refractivity contribution in [3.8, 4) is 0 Å². The molecule has 0 rings (SSSR count). The normalized spacial score (nSPS) is 13.2. The fraction of sp³-hybridized carbons (Fsp3) is 0.931. The molecule has 0 N–H and O–H groups in total. The molecule has 2 unspecified atom stereocenters. The second-order valence-corrected chi connectivity index (χ2v) is 18.9. The first-order valence-electron chi connectivity index (χ1n) is 28.8. The summed E-state index contributed by atoms with van der Waals surface area (Å²) in [5, 5.41) is 0. The monoisotopic (exact) mass is 923 g/mol. The molecule has 0 aromatic carbocycles. The summed E-state index contributed by atoms with van der Waals surface area (Å²) in [7, 11) is 0. The van der Waals surface area contributed by atoms with E-state index in [0.29, 0.717) is 0 Å². The predicted molar refractivity (Wildman–Crippen MR) is 280 cm³/mol. The van der Waals surface area contributed by atoms with Gasteiger partial charge in [-0.05, 0) is 102 Å². The van der Waals surface area contributed by atoms with Crippen LogP contribution in [0.15, 0.2) is 24.3 Å². The largest absolute Gasteiger partial charge is 0.353 e. The van der Waals surface area contributed by atoms with Crippen molar-refractivity contribution in [3.05, 3.63) is 24.3 Å². The van der Waals surface area contributed by atoms with E-state index in [4.69, 9.17) is 33.2 Å². The fourth-order valence-electron chi connectivity index (χ4n) is 7.77. The van der Waals surface area contributed by atoms with Crippen molar-refractivity contribution in [2.45, 2.75) is 311 Å².